The lowest BCUT2D eigenvalue weighted by Crippen LogP contribution is -2.05. The van der Waals surface area contributed by atoms with Crippen molar-refractivity contribution in [3.63, 3.8) is 0 Å². The Kier molecular flexibility index (Phi) is 3.16. The summed E-state index contributed by atoms with van der Waals surface area (Å²) in [4.78, 5) is 12.0. The molecule has 0 atom stereocenters. The minimum atomic E-state index is -0.522. The van der Waals surface area contributed by atoms with Crippen molar-refractivity contribution in [3.8, 4) is 17.1 Å². The van der Waals surface area contributed by atoms with E-state index in [1.807, 2.05) is 19.1 Å². The quantitative estimate of drug-likeness (QED) is 0.727. The van der Waals surface area contributed by atoms with E-state index in [1.54, 1.807) is 12.1 Å². The number of aromatic nitrogens is 4. The highest BCUT2D eigenvalue weighted by Gasteiger charge is 2.13. The van der Waals surface area contributed by atoms with Gasteiger partial charge in [-0.2, -0.15) is 5.21 Å². The molecule has 0 aliphatic heterocycles. The molecule has 0 aliphatic rings. The Hall–Kier alpha value is -2.70. The monoisotopic (exact) mass is 272 g/mol. The van der Waals surface area contributed by atoms with Gasteiger partial charge in [-0.15, -0.1) is 10.2 Å². The molecule has 0 amide bonds. The van der Waals surface area contributed by atoms with Gasteiger partial charge in [-0.25, -0.2) is 4.79 Å². The van der Waals surface area contributed by atoms with Crippen molar-refractivity contribution >= 4 is 11.0 Å². The molecular weight excluding hydrogens is 260 g/mol. The van der Waals surface area contributed by atoms with Crippen LogP contribution in [0.15, 0.2) is 33.5 Å². The third-order valence-electron chi connectivity index (χ3n) is 2.77. The molecule has 2 aromatic heterocycles. The highest BCUT2D eigenvalue weighted by Crippen LogP contribution is 2.26. The van der Waals surface area contributed by atoms with Crippen molar-refractivity contribution in [2.75, 3.05) is 6.61 Å². The first-order valence-corrected chi connectivity index (χ1v) is 6.23. The predicted molar refractivity (Wildman–Crippen MR) is 71.4 cm³/mol. The van der Waals surface area contributed by atoms with Crippen molar-refractivity contribution in [1.29, 1.82) is 0 Å². The number of rotatable bonds is 4. The molecule has 0 saturated carbocycles. The van der Waals surface area contributed by atoms with Gasteiger partial charge in [-0.1, -0.05) is 19.1 Å². The fourth-order valence-corrected chi connectivity index (χ4v) is 1.88. The molecule has 3 aromatic rings. The third-order valence-corrected chi connectivity index (χ3v) is 2.77. The second-order valence-electron chi connectivity index (χ2n) is 4.21. The van der Waals surface area contributed by atoms with Crippen LogP contribution in [0.4, 0.5) is 0 Å². The van der Waals surface area contributed by atoms with Crippen LogP contribution in [0.5, 0.6) is 5.75 Å². The summed E-state index contributed by atoms with van der Waals surface area (Å²) in [5.41, 5.74) is 0.170. The van der Waals surface area contributed by atoms with Crippen LogP contribution in [-0.4, -0.2) is 27.2 Å². The lowest BCUT2D eigenvalue weighted by molar-refractivity contribution is 0.315. The maximum Gasteiger partial charge on any atom is 0.347 e. The molecule has 102 valence electrons. The molecule has 0 bridgehead atoms. The van der Waals surface area contributed by atoms with Crippen molar-refractivity contribution in [2.45, 2.75) is 13.3 Å². The predicted octanol–water partition coefficient (Wildman–Crippen LogP) is 1.76. The average Bonchev–Trinajstić information content (AvgIpc) is 2.98. The summed E-state index contributed by atoms with van der Waals surface area (Å²) in [7, 11) is 0. The largest absolute Gasteiger partial charge is 0.490 e. The second-order valence-corrected chi connectivity index (χ2v) is 4.21. The molecule has 0 aliphatic carbocycles. The van der Waals surface area contributed by atoms with Gasteiger partial charge in [-0.05, 0) is 23.8 Å². The molecule has 1 N–H and O–H groups in total. The van der Waals surface area contributed by atoms with Gasteiger partial charge < -0.3 is 9.15 Å². The van der Waals surface area contributed by atoms with E-state index in [9.17, 15) is 4.79 Å². The first-order valence-electron chi connectivity index (χ1n) is 6.23. The standard InChI is InChI=1S/C13H12N4O3/c1-2-6-19-10-5-3-4-8-7-9(12-14-16-17-15-12)13(18)20-11(8)10/h3-5,7H,2,6H2,1H3,(H,14,15,16,17). The number of benzene rings is 1. The van der Waals surface area contributed by atoms with E-state index in [0.717, 1.165) is 11.8 Å². The Bertz CT molecular complexity index is 780. The Morgan fingerprint density at radius 1 is 1.40 bits per heavy atom. The second kappa shape index (κ2) is 5.12. The van der Waals surface area contributed by atoms with Crippen molar-refractivity contribution in [2.24, 2.45) is 0 Å². The maximum atomic E-state index is 12.0. The number of para-hydroxylation sites is 1. The zero-order valence-corrected chi connectivity index (χ0v) is 10.8. The van der Waals surface area contributed by atoms with Crippen LogP contribution in [0.3, 0.4) is 0 Å². The molecule has 7 heteroatoms. The van der Waals surface area contributed by atoms with Gasteiger partial charge in [0.15, 0.2) is 11.3 Å². The fourth-order valence-electron chi connectivity index (χ4n) is 1.88. The van der Waals surface area contributed by atoms with E-state index in [1.165, 1.54) is 0 Å². The van der Waals surface area contributed by atoms with Gasteiger partial charge in [-0.3, -0.25) is 0 Å². The summed E-state index contributed by atoms with van der Waals surface area (Å²) >= 11 is 0. The molecule has 3 rings (SSSR count). The summed E-state index contributed by atoms with van der Waals surface area (Å²) in [5, 5.41) is 14.1. The number of hydrogen-bond acceptors (Lipinski definition) is 6. The summed E-state index contributed by atoms with van der Waals surface area (Å²) < 4.78 is 10.9. The van der Waals surface area contributed by atoms with Crippen molar-refractivity contribution < 1.29 is 9.15 Å². The molecule has 2 heterocycles. The minimum absolute atomic E-state index is 0.209. The molecule has 0 fully saturated rings. The maximum absolute atomic E-state index is 12.0. The zero-order valence-electron chi connectivity index (χ0n) is 10.8. The van der Waals surface area contributed by atoms with Gasteiger partial charge in [0.05, 0.1) is 6.61 Å². The number of nitrogens with zero attached hydrogens (tertiary/aromatic N) is 3. The van der Waals surface area contributed by atoms with Crippen LogP contribution in [0.2, 0.25) is 0 Å². The lowest BCUT2D eigenvalue weighted by atomic mass is 10.1. The highest BCUT2D eigenvalue weighted by molar-refractivity contribution is 5.85. The van der Waals surface area contributed by atoms with Crippen molar-refractivity contribution in [1.82, 2.24) is 20.6 Å². The molecule has 7 nitrogen and oxygen atoms in total. The van der Waals surface area contributed by atoms with Crippen LogP contribution >= 0.6 is 0 Å². The van der Waals surface area contributed by atoms with E-state index >= 15 is 0 Å². The molecule has 0 unspecified atom stereocenters. The summed E-state index contributed by atoms with van der Waals surface area (Å²) in [6, 6.07) is 7.12. The number of fused-ring (bicyclic) bond motifs is 1. The van der Waals surface area contributed by atoms with Gasteiger partial charge in [0.2, 0.25) is 5.82 Å². The highest BCUT2D eigenvalue weighted by atomic mass is 16.5. The van der Waals surface area contributed by atoms with E-state index < -0.39 is 5.63 Å². The van der Waals surface area contributed by atoms with Crippen molar-refractivity contribution in [3.05, 3.63) is 34.7 Å². The third kappa shape index (κ3) is 2.13. The van der Waals surface area contributed by atoms with Gasteiger partial charge in [0.1, 0.15) is 5.56 Å². The number of tetrazole rings is 1. The molecule has 1 aromatic carbocycles. The lowest BCUT2D eigenvalue weighted by Gasteiger charge is -2.07. The topological polar surface area (TPSA) is 93.9 Å². The summed E-state index contributed by atoms with van der Waals surface area (Å²) in [5.74, 6) is 0.765. The molecule has 0 spiro atoms. The Balaban J connectivity index is 2.16. The first-order chi connectivity index (χ1) is 9.79. The molecule has 20 heavy (non-hydrogen) atoms. The Morgan fingerprint density at radius 2 is 2.30 bits per heavy atom. The van der Waals surface area contributed by atoms with E-state index in [4.69, 9.17) is 9.15 Å². The number of H-pyrrole nitrogens is 1. The molecule has 0 saturated heterocycles. The smallest absolute Gasteiger partial charge is 0.347 e. The normalized spacial score (nSPS) is 10.8. The number of hydrogen-bond donors (Lipinski definition) is 1. The number of ether oxygens (including phenoxy) is 1. The average molecular weight is 272 g/mol. The molecule has 0 radical (unpaired) electrons. The van der Waals surface area contributed by atoms with Gasteiger partial charge in [0.25, 0.3) is 0 Å². The zero-order chi connectivity index (χ0) is 13.9. The SMILES string of the molecule is CCCOc1cccc2cc(-c3nn[nH]n3)c(=O)oc12. The first kappa shape index (κ1) is 12.3. The number of aromatic amines is 1. The number of nitrogens with one attached hydrogen (secondary N) is 1. The van der Waals surface area contributed by atoms with Gasteiger partial charge in [0, 0.05) is 5.39 Å². The van der Waals surface area contributed by atoms with Crippen LogP contribution in [0, 0.1) is 0 Å². The minimum Gasteiger partial charge on any atom is -0.490 e. The van der Waals surface area contributed by atoms with E-state index in [-0.39, 0.29) is 11.4 Å². The Labute approximate surface area is 113 Å². The van der Waals surface area contributed by atoms with Crippen LogP contribution in [0.25, 0.3) is 22.4 Å². The van der Waals surface area contributed by atoms with Crippen LogP contribution < -0.4 is 10.4 Å². The fraction of sp³-hybridized carbons (Fsp3) is 0.231. The van der Waals surface area contributed by atoms with E-state index in [0.29, 0.717) is 17.9 Å². The van der Waals surface area contributed by atoms with Crippen LogP contribution in [0.1, 0.15) is 13.3 Å². The van der Waals surface area contributed by atoms with Crippen LogP contribution in [-0.2, 0) is 0 Å². The van der Waals surface area contributed by atoms with E-state index in [2.05, 4.69) is 20.6 Å². The Morgan fingerprint density at radius 3 is 3.05 bits per heavy atom. The summed E-state index contributed by atoms with van der Waals surface area (Å²) in [6.07, 6.45) is 0.877. The molecular formula is C13H12N4O3. The van der Waals surface area contributed by atoms with Gasteiger partial charge >= 0.3 is 5.63 Å². The summed E-state index contributed by atoms with van der Waals surface area (Å²) in [6.45, 7) is 2.57.